The van der Waals surface area contributed by atoms with E-state index in [1.807, 2.05) is 50.2 Å². The molecule has 0 radical (unpaired) electrons. The van der Waals surface area contributed by atoms with Crippen LogP contribution in [-0.2, 0) is 4.74 Å². The second kappa shape index (κ2) is 7.77. The zero-order valence-electron chi connectivity index (χ0n) is 14.7. The van der Waals surface area contributed by atoms with E-state index >= 15 is 0 Å². The molecule has 0 bridgehead atoms. The van der Waals surface area contributed by atoms with Crippen molar-refractivity contribution in [3.05, 3.63) is 30.1 Å². The highest BCUT2D eigenvalue weighted by molar-refractivity contribution is 5.68. The quantitative estimate of drug-likeness (QED) is 0.924. The van der Waals surface area contributed by atoms with E-state index < -0.39 is 5.60 Å². The zero-order chi connectivity index (χ0) is 16.9. The minimum Gasteiger partial charge on any atom is -0.444 e. The molecule has 1 amide bonds. The number of aromatic nitrogens is 1. The Morgan fingerprint density at radius 3 is 2.78 bits per heavy atom. The lowest BCUT2D eigenvalue weighted by atomic mass is 9.97. The first kappa shape index (κ1) is 17.7. The van der Waals surface area contributed by atoms with Gasteiger partial charge >= 0.3 is 6.09 Å². The maximum Gasteiger partial charge on any atom is 0.410 e. The molecule has 1 fully saturated rings. The SMILES string of the molecule is C[C@@H](NCC1CCCN(C(=O)OC(C)(C)C)C1)c1ccncc1. The summed E-state index contributed by atoms with van der Waals surface area (Å²) in [5.74, 6) is 0.473. The molecule has 1 aromatic rings. The summed E-state index contributed by atoms with van der Waals surface area (Å²) >= 11 is 0. The van der Waals surface area contributed by atoms with Gasteiger partial charge in [-0.2, -0.15) is 0 Å². The van der Waals surface area contributed by atoms with E-state index in [1.165, 1.54) is 5.56 Å². The molecule has 0 aliphatic carbocycles. The van der Waals surface area contributed by atoms with Crippen LogP contribution in [0.4, 0.5) is 4.79 Å². The molecule has 0 aromatic carbocycles. The Bertz CT molecular complexity index is 499. The Hall–Kier alpha value is -1.62. The van der Waals surface area contributed by atoms with Crippen LogP contribution >= 0.6 is 0 Å². The Labute approximate surface area is 139 Å². The number of piperidine rings is 1. The smallest absolute Gasteiger partial charge is 0.410 e. The zero-order valence-corrected chi connectivity index (χ0v) is 14.7. The van der Waals surface area contributed by atoms with Gasteiger partial charge < -0.3 is 15.0 Å². The molecule has 5 heteroatoms. The van der Waals surface area contributed by atoms with Crippen LogP contribution in [0.25, 0.3) is 0 Å². The molecule has 5 nitrogen and oxygen atoms in total. The van der Waals surface area contributed by atoms with Crippen LogP contribution in [0.1, 0.15) is 52.1 Å². The van der Waals surface area contributed by atoms with E-state index in [0.29, 0.717) is 5.92 Å². The summed E-state index contributed by atoms with van der Waals surface area (Å²) in [6, 6.07) is 4.35. The maximum absolute atomic E-state index is 12.2. The van der Waals surface area contributed by atoms with Crippen molar-refractivity contribution in [2.75, 3.05) is 19.6 Å². The molecule has 23 heavy (non-hydrogen) atoms. The molecule has 2 heterocycles. The predicted octanol–water partition coefficient (Wildman–Crippen LogP) is 3.38. The third-order valence-electron chi connectivity index (χ3n) is 4.09. The van der Waals surface area contributed by atoms with Crippen LogP contribution in [0.2, 0.25) is 0 Å². The van der Waals surface area contributed by atoms with Gasteiger partial charge in [0.15, 0.2) is 0 Å². The third kappa shape index (κ3) is 5.82. The lowest BCUT2D eigenvalue weighted by Gasteiger charge is -2.34. The van der Waals surface area contributed by atoms with Crippen molar-refractivity contribution >= 4 is 6.09 Å². The Balaban J connectivity index is 1.81. The van der Waals surface area contributed by atoms with Crippen molar-refractivity contribution < 1.29 is 9.53 Å². The standard InChI is InChI=1S/C18H29N3O2/c1-14(16-7-9-19-10-8-16)20-12-15-6-5-11-21(13-15)17(22)23-18(2,3)4/h7-10,14-15,20H,5-6,11-13H2,1-4H3/t14-,15?/m1/s1. The monoisotopic (exact) mass is 319 g/mol. The molecule has 1 aliphatic rings. The van der Waals surface area contributed by atoms with Gasteiger partial charge in [0.05, 0.1) is 0 Å². The van der Waals surface area contributed by atoms with Crippen molar-refractivity contribution in [2.45, 2.75) is 52.2 Å². The molecule has 0 saturated carbocycles. The summed E-state index contributed by atoms with van der Waals surface area (Å²) in [7, 11) is 0. The molecule has 2 atom stereocenters. The van der Waals surface area contributed by atoms with Gasteiger partial charge in [-0.25, -0.2) is 4.79 Å². The second-order valence-corrected chi connectivity index (χ2v) is 7.35. The molecular weight excluding hydrogens is 290 g/mol. The van der Waals surface area contributed by atoms with Crippen molar-refractivity contribution in [1.29, 1.82) is 0 Å². The van der Waals surface area contributed by atoms with E-state index in [0.717, 1.165) is 32.5 Å². The number of hydrogen-bond acceptors (Lipinski definition) is 4. The highest BCUT2D eigenvalue weighted by atomic mass is 16.6. The van der Waals surface area contributed by atoms with Gasteiger partial charge in [-0.3, -0.25) is 4.98 Å². The van der Waals surface area contributed by atoms with Crippen LogP contribution in [0.3, 0.4) is 0 Å². The molecule has 2 rings (SSSR count). The van der Waals surface area contributed by atoms with E-state index in [-0.39, 0.29) is 12.1 Å². The van der Waals surface area contributed by atoms with E-state index in [4.69, 9.17) is 4.74 Å². The first-order chi connectivity index (χ1) is 10.8. The number of pyridine rings is 1. The largest absolute Gasteiger partial charge is 0.444 e. The van der Waals surface area contributed by atoms with Crippen LogP contribution < -0.4 is 5.32 Å². The van der Waals surface area contributed by atoms with Gasteiger partial charge in [-0.15, -0.1) is 0 Å². The van der Waals surface area contributed by atoms with Gasteiger partial charge in [-0.05, 0) is 64.2 Å². The van der Waals surface area contributed by atoms with Crippen LogP contribution in [0.15, 0.2) is 24.5 Å². The van der Waals surface area contributed by atoms with Gasteiger partial charge in [0.25, 0.3) is 0 Å². The molecule has 1 unspecified atom stereocenters. The highest BCUT2D eigenvalue weighted by Crippen LogP contribution is 2.20. The normalized spacial score (nSPS) is 20.2. The van der Waals surface area contributed by atoms with Crippen molar-refractivity contribution in [1.82, 2.24) is 15.2 Å². The fraction of sp³-hybridized carbons (Fsp3) is 0.667. The van der Waals surface area contributed by atoms with Gasteiger partial charge in [-0.1, -0.05) is 0 Å². The Morgan fingerprint density at radius 1 is 1.43 bits per heavy atom. The first-order valence-electron chi connectivity index (χ1n) is 8.46. The Kier molecular flexibility index (Phi) is 5.99. The van der Waals surface area contributed by atoms with Crippen molar-refractivity contribution in [2.24, 2.45) is 5.92 Å². The average molecular weight is 319 g/mol. The van der Waals surface area contributed by atoms with E-state index in [9.17, 15) is 4.79 Å². The lowest BCUT2D eigenvalue weighted by molar-refractivity contribution is 0.0165. The number of nitrogens with zero attached hydrogens (tertiary/aromatic N) is 2. The van der Waals surface area contributed by atoms with Gasteiger partial charge in [0.1, 0.15) is 5.60 Å². The van der Waals surface area contributed by atoms with E-state index in [1.54, 1.807) is 0 Å². The summed E-state index contributed by atoms with van der Waals surface area (Å²) in [6.07, 6.45) is 5.63. The van der Waals surface area contributed by atoms with Crippen LogP contribution in [0.5, 0.6) is 0 Å². The second-order valence-electron chi connectivity index (χ2n) is 7.35. The topological polar surface area (TPSA) is 54.5 Å². The van der Waals surface area contributed by atoms with Gasteiger partial charge in [0.2, 0.25) is 0 Å². The molecule has 1 saturated heterocycles. The number of carbonyl (C=O) groups is 1. The number of amides is 1. The van der Waals surface area contributed by atoms with E-state index in [2.05, 4.69) is 17.2 Å². The van der Waals surface area contributed by atoms with Crippen molar-refractivity contribution in [3.63, 3.8) is 0 Å². The summed E-state index contributed by atoms with van der Waals surface area (Å²) in [4.78, 5) is 18.1. The number of hydrogen-bond donors (Lipinski definition) is 1. The summed E-state index contributed by atoms with van der Waals surface area (Å²) in [5.41, 5.74) is 0.804. The maximum atomic E-state index is 12.2. The fourth-order valence-electron chi connectivity index (χ4n) is 2.84. The number of rotatable bonds is 4. The summed E-state index contributed by atoms with van der Waals surface area (Å²) in [5, 5.41) is 3.57. The molecule has 1 aromatic heterocycles. The summed E-state index contributed by atoms with van der Waals surface area (Å²) in [6.45, 7) is 10.3. The average Bonchev–Trinajstić information content (AvgIpc) is 2.52. The lowest BCUT2D eigenvalue weighted by Crippen LogP contribution is -2.45. The highest BCUT2D eigenvalue weighted by Gasteiger charge is 2.27. The van der Waals surface area contributed by atoms with Gasteiger partial charge in [0, 0.05) is 38.1 Å². The summed E-state index contributed by atoms with van der Waals surface area (Å²) < 4.78 is 5.48. The number of nitrogens with one attached hydrogen (secondary N) is 1. The minimum absolute atomic E-state index is 0.190. The molecule has 0 spiro atoms. The third-order valence-corrected chi connectivity index (χ3v) is 4.09. The molecule has 128 valence electrons. The van der Waals surface area contributed by atoms with Crippen LogP contribution in [-0.4, -0.2) is 41.2 Å². The molecule has 1 N–H and O–H groups in total. The molecular formula is C18H29N3O2. The van der Waals surface area contributed by atoms with Crippen molar-refractivity contribution in [3.8, 4) is 0 Å². The predicted molar refractivity (Wildman–Crippen MR) is 91.2 cm³/mol. The fourth-order valence-corrected chi connectivity index (χ4v) is 2.84. The molecule has 1 aliphatic heterocycles. The first-order valence-corrected chi connectivity index (χ1v) is 8.46. The number of ether oxygens (including phenoxy) is 1. The number of likely N-dealkylation sites (tertiary alicyclic amines) is 1. The number of carbonyl (C=O) groups excluding carboxylic acids is 1. The van der Waals surface area contributed by atoms with Crippen LogP contribution in [0, 0.1) is 5.92 Å². The minimum atomic E-state index is -0.432. The Morgan fingerprint density at radius 2 is 2.13 bits per heavy atom.